The van der Waals surface area contributed by atoms with E-state index < -0.39 is 5.91 Å². The van der Waals surface area contributed by atoms with Crippen molar-refractivity contribution in [3.63, 3.8) is 0 Å². The third kappa shape index (κ3) is 1.29. The van der Waals surface area contributed by atoms with Crippen molar-refractivity contribution in [3.05, 3.63) is 52.9 Å². The molecule has 0 aliphatic rings. The number of hydrogen-bond acceptors (Lipinski definition) is 2. The van der Waals surface area contributed by atoms with Gasteiger partial charge in [0.2, 0.25) is 0 Å². The maximum absolute atomic E-state index is 11.1. The first-order chi connectivity index (χ1) is 6.83. The van der Waals surface area contributed by atoms with Gasteiger partial charge >= 0.3 is 5.91 Å². The number of rotatable bonds is 1. The fourth-order valence-corrected chi connectivity index (χ4v) is 1.46. The second-order valence-electron chi connectivity index (χ2n) is 2.92. The topological polar surface area (TPSA) is 46.5 Å². The van der Waals surface area contributed by atoms with E-state index in [0.717, 1.165) is 10.8 Å². The highest BCUT2D eigenvalue weighted by atomic mass is 16.3. The first-order valence-corrected chi connectivity index (χ1v) is 4.18. The molecule has 0 atom stereocenters. The molecule has 0 saturated carbocycles. The number of fused-ring (bicyclic) bond motifs is 1. The van der Waals surface area contributed by atoms with E-state index in [2.05, 4.69) is 5.18 Å². The number of nitrogens with zero attached hydrogens (tertiary/aromatic N) is 1. The fraction of sp³-hybridized carbons (Fsp3) is 0. The van der Waals surface area contributed by atoms with Gasteiger partial charge in [-0.3, -0.25) is 4.79 Å². The SMILES string of the molecule is O=NC(=O)c1cccc2ccccc12. The van der Waals surface area contributed by atoms with Crippen molar-refractivity contribution in [2.75, 3.05) is 0 Å². The molecule has 2 aromatic rings. The van der Waals surface area contributed by atoms with E-state index in [0.29, 0.717) is 5.56 Å². The van der Waals surface area contributed by atoms with Crippen LogP contribution in [-0.2, 0) is 0 Å². The van der Waals surface area contributed by atoms with Gasteiger partial charge in [-0.1, -0.05) is 36.4 Å². The van der Waals surface area contributed by atoms with Crippen molar-refractivity contribution in [2.45, 2.75) is 0 Å². The molecule has 0 heterocycles. The number of amides is 1. The highest BCUT2D eigenvalue weighted by Crippen LogP contribution is 2.18. The van der Waals surface area contributed by atoms with Gasteiger partial charge in [-0.05, 0) is 16.8 Å². The van der Waals surface area contributed by atoms with E-state index >= 15 is 0 Å². The molecule has 0 aliphatic carbocycles. The van der Waals surface area contributed by atoms with E-state index in [9.17, 15) is 9.70 Å². The first kappa shape index (κ1) is 8.56. The van der Waals surface area contributed by atoms with Crippen molar-refractivity contribution in [2.24, 2.45) is 5.18 Å². The lowest BCUT2D eigenvalue weighted by molar-refractivity contribution is 0.100. The average molecular weight is 185 g/mol. The van der Waals surface area contributed by atoms with Crippen LogP contribution in [-0.4, -0.2) is 5.91 Å². The van der Waals surface area contributed by atoms with Crippen LogP contribution in [0.3, 0.4) is 0 Å². The van der Waals surface area contributed by atoms with Gasteiger partial charge in [-0.2, -0.15) is 0 Å². The Morgan fingerprint density at radius 3 is 2.50 bits per heavy atom. The average Bonchev–Trinajstić information content (AvgIpc) is 2.27. The standard InChI is InChI=1S/C11H7NO2/c13-11(12-14)10-7-3-5-8-4-1-2-6-9(8)10/h1-7H. The van der Waals surface area contributed by atoms with Crippen molar-refractivity contribution < 1.29 is 4.79 Å². The van der Waals surface area contributed by atoms with Gasteiger partial charge < -0.3 is 0 Å². The third-order valence-electron chi connectivity index (χ3n) is 2.10. The molecule has 1 amide bonds. The van der Waals surface area contributed by atoms with Crippen LogP contribution in [0.25, 0.3) is 10.8 Å². The van der Waals surface area contributed by atoms with Gasteiger partial charge in [0.1, 0.15) is 0 Å². The summed E-state index contributed by atoms with van der Waals surface area (Å²) in [5, 5.41) is 4.12. The molecule has 3 nitrogen and oxygen atoms in total. The molecule has 68 valence electrons. The summed E-state index contributed by atoms with van der Waals surface area (Å²) in [5.41, 5.74) is 0.359. The summed E-state index contributed by atoms with van der Waals surface area (Å²) in [6.07, 6.45) is 0. The largest absolute Gasteiger partial charge is 0.317 e. The van der Waals surface area contributed by atoms with E-state index in [1.54, 1.807) is 18.2 Å². The van der Waals surface area contributed by atoms with Crippen molar-refractivity contribution >= 4 is 16.7 Å². The van der Waals surface area contributed by atoms with Gasteiger partial charge in [0.25, 0.3) is 0 Å². The zero-order valence-corrected chi connectivity index (χ0v) is 7.31. The van der Waals surface area contributed by atoms with Crippen LogP contribution in [0.1, 0.15) is 10.4 Å². The molecule has 0 aliphatic heterocycles. The lowest BCUT2D eigenvalue weighted by Crippen LogP contribution is -1.94. The van der Waals surface area contributed by atoms with Crippen LogP contribution in [0.15, 0.2) is 47.6 Å². The molecule has 14 heavy (non-hydrogen) atoms. The lowest BCUT2D eigenvalue weighted by Gasteiger charge is -2.00. The molecular weight excluding hydrogens is 178 g/mol. The molecular formula is C11H7NO2. The molecule has 0 N–H and O–H groups in total. The van der Waals surface area contributed by atoms with Crippen LogP contribution in [0.4, 0.5) is 0 Å². The second-order valence-corrected chi connectivity index (χ2v) is 2.92. The second kappa shape index (κ2) is 3.38. The molecule has 0 aromatic heterocycles. The van der Waals surface area contributed by atoms with Gasteiger partial charge in [-0.15, -0.1) is 4.91 Å². The van der Waals surface area contributed by atoms with E-state index in [1.165, 1.54) is 0 Å². The predicted molar refractivity (Wildman–Crippen MR) is 54.1 cm³/mol. The highest BCUT2D eigenvalue weighted by Gasteiger charge is 2.08. The van der Waals surface area contributed by atoms with Crippen LogP contribution < -0.4 is 0 Å². The van der Waals surface area contributed by atoms with Crippen LogP contribution in [0, 0.1) is 4.91 Å². The monoisotopic (exact) mass is 185 g/mol. The molecule has 0 radical (unpaired) electrons. The lowest BCUT2D eigenvalue weighted by atomic mass is 10.0. The van der Waals surface area contributed by atoms with Gasteiger partial charge in [0.05, 0.1) is 5.56 Å². The fourth-order valence-electron chi connectivity index (χ4n) is 1.46. The Hall–Kier alpha value is -2.03. The maximum atomic E-state index is 11.1. The van der Waals surface area contributed by atoms with Gasteiger partial charge in [0, 0.05) is 5.18 Å². The molecule has 3 heteroatoms. The smallest absolute Gasteiger partial charge is 0.263 e. The minimum Gasteiger partial charge on any atom is -0.263 e. The summed E-state index contributed by atoms with van der Waals surface area (Å²) in [6.45, 7) is 0. The Bertz CT molecular complexity index is 500. The summed E-state index contributed by atoms with van der Waals surface area (Å²) in [6, 6.07) is 12.6. The molecule has 0 bridgehead atoms. The van der Waals surface area contributed by atoms with Crippen molar-refractivity contribution in [1.82, 2.24) is 0 Å². The molecule has 0 saturated heterocycles. The summed E-state index contributed by atoms with van der Waals surface area (Å²) >= 11 is 0. The van der Waals surface area contributed by atoms with Crippen LogP contribution in [0.5, 0.6) is 0 Å². The number of nitroso groups, excluding NO2 is 1. The quantitative estimate of drug-likeness (QED) is 0.641. The Morgan fingerprint density at radius 2 is 1.71 bits per heavy atom. The van der Waals surface area contributed by atoms with Gasteiger partial charge in [0.15, 0.2) is 0 Å². The maximum Gasteiger partial charge on any atom is 0.317 e. The molecule has 0 fully saturated rings. The first-order valence-electron chi connectivity index (χ1n) is 4.18. The summed E-state index contributed by atoms with van der Waals surface area (Å²) < 4.78 is 0. The molecule has 2 rings (SSSR count). The molecule has 2 aromatic carbocycles. The third-order valence-corrected chi connectivity index (χ3v) is 2.10. The Kier molecular flexibility index (Phi) is 2.07. The molecule has 0 spiro atoms. The number of carbonyl (C=O) groups is 1. The summed E-state index contributed by atoms with van der Waals surface area (Å²) in [5.74, 6) is -0.721. The van der Waals surface area contributed by atoms with Crippen LogP contribution >= 0.6 is 0 Å². The number of benzene rings is 2. The van der Waals surface area contributed by atoms with E-state index in [4.69, 9.17) is 0 Å². The van der Waals surface area contributed by atoms with E-state index in [1.807, 2.05) is 24.3 Å². The number of carbonyl (C=O) groups excluding carboxylic acids is 1. The van der Waals surface area contributed by atoms with E-state index in [-0.39, 0.29) is 0 Å². The Labute approximate surface area is 80.3 Å². The van der Waals surface area contributed by atoms with Crippen LogP contribution in [0.2, 0.25) is 0 Å². The highest BCUT2D eigenvalue weighted by molar-refractivity contribution is 6.07. The zero-order valence-electron chi connectivity index (χ0n) is 7.31. The van der Waals surface area contributed by atoms with Gasteiger partial charge in [-0.25, -0.2) is 0 Å². The van der Waals surface area contributed by atoms with Crippen molar-refractivity contribution in [1.29, 1.82) is 0 Å². The number of hydrogen-bond donors (Lipinski definition) is 0. The predicted octanol–water partition coefficient (Wildman–Crippen LogP) is 2.75. The Morgan fingerprint density at radius 1 is 1.00 bits per heavy atom. The normalized spacial score (nSPS) is 10.0. The minimum absolute atomic E-state index is 0.359. The molecule has 0 unspecified atom stereocenters. The Balaban J connectivity index is 2.77. The van der Waals surface area contributed by atoms with Crippen molar-refractivity contribution in [3.8, 4) is 0 Å². The summed E-state index contributed by atoms with van der Waals surface area (Å²) in [4.78, 5) is 21.3. The summed E-state index contributed by atoms with van der Waals surface area (Å²) in [7, 11) is 0. The zero-order chi connectivity index (χ0) is 9.97. The minimum atomic E-state index is -0.721.